The monoisotopic (exact) mass is 599 g/mol. The highest BCUT2D eigenvalue weighted by Crippen LogP contribution is 2.34. The summed E-state index contributed by atoms with van der Waals surface area (Å²) in [6, 6.07) is -3.12. The molecule has 170 valence electrons. The number of hydrogen-bond acceptors (Lipinski definition) is 8. The van der Waals surface area contributed by atoms with Gasteiger partial charge in [-0.3, -0.25) is 4.72 Å². The van der Waals surface area contributed by atoms with Crippen LogP contribution in [0, 0.1) is 0 Å². The number of benzene rings is 1. The number of hydrogen-bond donors (Lipinski definition) is 2. The first-order chi connectivity index (χ1) is 20.4. The van der Waals surface area contributed by atoms with Crippen LogP contribution in [0.1, 0.15) is 31.0 Å². The van der Waals surface area contributed by atoms with Gasteiger partial charge >= 0.3 is 6.01 Å². The lowest BCUT2D eigenvalue weighted by molar-refractivity contribution is 0.202. The molecule has 3 aromatic rings. The van der Waals surface area contributed by atoms with Gasteiger partial charge in [-0.2, -0.15) is 13.1 Å². The van der Waals surface area contributed by atoms with Gasteiger partial charge in [-0.25, -0.2) is 19.9 Å². The standard InChI is InChI=1S/C19H20Br2N6O4S/c1-2-7-26-32(28,29)27-17-16(13-3-5-14(20)6-4-13)18(25-12-24-17)30-8-9-31-19-22-10-15(21)11-23-19/h3-6,10-12,26H,2,7-9H2,1H3,(H,24,25,27)/i1D3,2D2,3D,4D,5D,6D,7D2,8D2. The van der Waals surface area contributed by atoms with Crippen molar-refractivity contribution in [2.24, 2.45) is 0 Å². The van der Waals surface area contributed by atoms with Gasteiger partial charge in [0.2, 0.25) is 5.88 Å². The van der Waals surface area contributed by atoms with Crippen molar-refractivity contribution in [1.29, 1.82) is 0 Å². The molecule has 0 aliphatic heterocycles. The Labute approximate surface area is 220 Å². The maximum absolute atomic E-state index is 13.0. The Bertz CT molecular complexity index is 1670. The highest BCUT2D eigenvalue weighted by atomic mass is 79.9. The van der Waals surface area contributed by atoms with E-state index in [9.17, 15) is 8.42 Å². The van der Waals surface area contributed by atoms with Crippen LogP contribution in [0.25, 0.3) is 11.1 Å². The molecule has 13 heteroatoms. The minimum absolute atomic E-state index is 0.258. The molecule has 0 bridgehead atoms. The molecule has 3 rings (SSSR count). The molecule has 0 radical (unpaired) electrons. The van der Waals surface area contributed by atoms with Crippen LogP contribution in [0.2, 0.25) is 0 Å². The van der Waals surface area contributed by atoms with Crippen LogP contribution in [0.5, 0.6) is 11.9 Å². The third-order valence-corrected chi connectivity index (χ3v) is 4.80. The third kappa shape index (κ3) is 7.08. The molecule has 2 N–H and O–H groups in total. The van der Waals surface area contributed by atoms with Crippen LogP contribution in [-0.4, -0.2) is 48.0 Å². The quantitative estimate of drug-likeness (QED) is 0.342. The number of nitrogens with one attached hydrogen (secondary N) is 2. The maximum Gasteiger partial charge on any atom is 0.316 e. The summed E-state index contributed by atoms with van der Waals surface area (Å²) >= 11 is 6.05. The fraction of sp³-hybridized carbons (Fsp3) is 0.263. The van der Waals surface area contributed by atoms with Crippen molar-refractivity contribution in [3.8, 4) is 23.0 Å². The summed E-state index contributed by atoms with van der Waals surface area (Å²) in [5.41, 5.74) is -1.44. The van der Waals surface area contributed by atoms with E-state index in [0.29, 0.717) is 10.8 Å². The summed E-state index contributed by atoms with van der Waals surface area (Å²) in [7, 11) is -5.31. The highest BCUT2D eigenvalue weighted by molar-refractivity contribution is 9.10. The van der Waals surface area contributed by atoms with Crippen LogP contribution in [0.15, 0.2) is 51.8 Å². The topological polar surface area (TPSA) is 128 Å². The van der Waals surface area contributed by atoms with E-state index in [2.05, 4.69) is 51.8 Å². The fourth-order valence-corrected chi connectivity index (χ4v) is 3.03. The van der Waals surface area contributed by atoms with E-state index in [-0.39, 0.29) is 10.5 Å². The first-order valence-electron chi connectivity index (χ1n) is 14.6. The Kier molecular flexibility index (Phi) is 4.39. The Morgan fingerprint density at radius 1 is 1.09 bits per heavy atom. The van der Waals surface area contributed by atoms with Crippen LogP contribution >= 0.6 is 31.9 Å². The minimum atomic E-state index is -5.31. The van der Waals surface area contributed by atoms with Gasteiger partial charge in [-0.1, -0.05) is 34.9 Å². The number of aromatic nitrogens is 4. The van der Waals surface area contributed by atoms with E-state index >= 15 is 0 Å². The van der Waals surface area contributed by atoms with E-state index in [4.69, 9.17) is 27.3 Å². The van der Waals surface area contributed by atoms with Gasteiger partial charge in [-0.05, 0) is 40.0 Å². The van der Waals surface area contributed by atoms with Crippen LogP contribution in [-0.2, 0) is 10.2 Å². The second-order valence-electron chi connectivity index (χ2n) is 5.27. The predicted octanol–water partition coefficient (Wildman–Crippen LogP) is 3.57. The molecule has 0 saturated carbocycles. The van der Waals surface area contributed by atoms with Crippen molar-refractivity contribution in [3.63, 3.8) is 0 Å². The van der Waals surface area contributed by atoms with Gasteiger partial charge in [0, 0.05) is 33.0 Å². The van der Waals surface area contributed by atoms with Gasteiger partial charge in [0.25, 0.3) is 10.2 Å². The van der Waals surface area contributed by atoms with Crippen molar-refractivity contribution >= 4 is 47.9 Å². The molecule has 1 aromatic carbocycles. The van der Waals surface area contributed by atoms with E-state index in [1.54, 1.807) is 4.72 Å². The zero-order valence-corrected chi connectivity index (χ0v) is 19.5. The van der Waals surface area contributed by atoms with Crippen molar-refractivity contribution in [2.75, 3.05) is 24.4 Å². The molecule has 2 aromatic heterocycles. The smallest absolute Gasteiger partial charge is 0.316 e. The second-order valence-corrected chi connectivity index (χ2v) is 8.39. The number of anilines is 1. The first-order valence-corrected chi connectivity index (χ1v) is 11.2. The predicted molar refractivity (Wildman–Crippen MR) is 127 cm³/mol. The molecule has 0 spiro atoms. The van der Waals surface area contributed by atoms with Crippen LogP contribution in [0.3, 0.4) is 0 Å². The van der Waals surface area contributed by atoms with Crippen molar-refractivity contribution < 1.29 is 35.7 Å². The summed E-state index contributed by atoms with van der Waals surface area (Å²) in [5, 5.41) is 0. The SMILES string of the molecule is [2H]c1c([2H])c(-c2c(NS(=O)(=O)NC([2H])([2H])C([2H])([2H])C([2H])([2H])[2H])ncnc2OC([2H])([2H])COc2ncc(Br)cn2)c([2H])c([2H])c1Br. The van der Waals surface area contributed by atoms with Crippen molar-refractivity contribution in [1.82, 2.24) is 24.7 Å². The van der Waals surface area contributed by atoms with Gasteiger partial charge < -0.3 is 9.47 Å². The largest absolute Gasteiger partial charge is 0.473 e. The molecular formula is C19H20Br2N6O4S. The molecular weight excluding hydrogens is 568 g/mol. The van der Waals surface area contributed by atoms with Gasteiger partial charge in [0.05, 0.1) is 18.3 Å². The number of rotatable bonds is 11. The summed E-state index contributed by atoms with van der Waals surface area (Å²) in [4.78, 5) is 15.1. The molecule has 0 amide bonds. The highest BCUT2D eigenvalue weighted by Gasteiger charge is 2.19. The van der Waals surface area contributed by atoms with E-state index in [1.807, 2.05) is 0 Å². The Morgan fingerprint density at radius 3 is 2.56 bits per heavy atom. The first kappa shape index (κ1) is 12.2. The van der Waals surface area contributed by atoms with Crippen molar-refractivity contribution in [3.05, 3.63) is 51.8 Å². The van der Waals surface area contributed by atoms with Crippen LogP contribution < -0.4 is 18.9 Å². The fourth-order valence-electron chi connectivity index (χ4n) is 1.98. The molecule has 2 heterocycles. The number of ether oxygens (including phenoxy) is 2. The average molecular weight is 601 g/mol. The molecule has 0 aliphatic carbocycles. The molecule has 0 unspecified atom stereocenters. The van der Waals surface area contributed by atoms with Gasteiger partial charge in [0.1, 0.15) is 19.5 Å². The molecule has 0 fully saturated rings. The lowest BCUT2D eigenvalue weighted by Gasteiger charge is -2.15. The number of nitrogens with zero attached hydrogens (tertiary/aromatic N) is 4. The molecule has 10 nitrogen and oxygen atoms in total. The lowest BCUT2D eigenvalue weighted by atomic mass is 10.1. The zero-order chi connectivity index (χ0) is 34.3. The minimum Gasteiger partial charge on any atom is -0.473 e. The van der Waals surface area contributed by atoms with Gasteiger partial charge in [0.15, 0.2) is 5.82 Å². The van der Waals surface area contributed by atoms with E-state index < -0.39 is 90.1 Å². The van der Waals surface area contributed by atoms with E-state index in [0.717, 1.165) is 0 Å². The Balaban J connectivity index is 2.15. The Morgan fingerprint density at radius 2 is 1.84 bits per heavy atom. The summed E-state index contributed by atoms with van der Waals surface area (Å²) in [6.45, 7) is -11.1. The maximum atomic E-state index is 13.0. The molecule has 0 saturated heterocycles. The van der Waals surface area contributed by atoms with Gasteiger partial charge in [-0.15, -0.1) is 0 Å². The number of halogens is 2. The summed E-state index contributed by atoms with van der Waals surface area (Å²) in [5.74, 6) is -1.74. The summed E-state index contributed by atoms with van der Waals surface area (Å²) < 4.78 is 142. The van der Waals surface area contributed by atoms with Crippen LogP contribution in [0.4, 0.5) is 5.82 Å². The summed E-state index contributed by atoms with van der Waals surface area (Å²) in [6.07, 6.45) is -0.469. The zero-order valence-electron chi connectivity index (χ0n) is 28.5. The normalized spacial score (nSPS) is 18.9. The second kappa shape index (κ2) is 11.5. The Hall–Kier alpha value is -2.35. The van der Waals surface area contributed by atoms with E-state index in [1.165, 1.54) is 17.1 Å². The average Bonchev–Trinajstić information content (AvgIpc) is 2.90. The molecule has 0 atom stereocenters. The lowest BCUT2D eigenvalue weighted by Crippen LogP contribution is -2.31. The third-order valence-electron chi connectivity index (χ3n) is 3.16. The molecule has 0 aliphatic rings. The molecule has 32 heavy (non-hydrogen) atoms. The van der Waals surface area contributed by atoms with Crippen molar-refractivity contribution in [2.45, 2.75) is 13.2 Å².